The molecular weight excluding hydrogens is 232 g/mol. The second-order valence-electron chi connectivity index (χ2n) is 3.99. The zero-order chi connectivity index (χ0) is 12.5. The normalized spacial score (nSPS) is 12.1. The van der Waals surface area contributed by atoms with E-state index in [2.05, 4.69) is 37.4 Å². The third-order valence-corrected chi connectivity index (χ3v) is 2.65. The highest BCUT2D eigenvalue weighted by Crippen LogP contribution is 2.16. The monoisotopic (exact) mass is 250 g/mol. The third-order valence-electron chi connectivity index (χ3n) is 2.50. The summed E-state index contributed by atoms with van der Waals surface area (Å²) in [5, 5.41) is 0.645. The first-order chi connectivity index (χ1) is 8.22. The van der Waals surface area contributed by atoms with E-state index in [0.717, 1.165) is 12.8 Å². The minimum atomic E-state index is 0.123. The molecule has 1 aromatic carbocycles. The largest absolute Gasteiger partial charge is 0.374 e. The van der Waals surface area contributed by atoms with Crippen molar-refractivity contribution in [1.29, 1.82) is 0 Å². The van der Waals surface area contributed by atoms with Crippen LogP contribution in [0.4, 0.5) is 0 Å². The lowest BCUT2D eigenvalue weighted by Gasteiger charge is -2.16. The number of rotatable bonds is 8. The van der Waals surface area contributed by atoms with Crippen molar-refractivity contribution in [2.45, 2.75) is 25.4 Å². The van der Waals surface area contributed by atoms with Crippen LogP contribution in [-0.4, -0.2) is 12.7 Å². The van der Waals surface area contributed by atoms with Crippen LogP contribution in [0.1, 0.15) is 18.4 Å². The summed E-state index contributed by atoms with van der Waals surface area (Å²) < 4.78 is 5.66. The van der Waals surface area contributed by atoms with E-state index in [4.69, 9.17) is 16.3 Å². The summed E-state index contributed by atoms with van der Waals surface area (Å²) in [6, 6.07) is 10.4. The van der Waals surface area contributed by atoms with E-state index in [-0.39, 0.29) is 6.10 Å². The average molecular weight is 251 g/mol. The van der Waals surface area contributed by atoms with E-state index in [1.807, 2.05) is 6.07 Å². The molecule has 2 heteroatoms. The van der Waals surface area contributed by atoms with Crippen molar-refractivity contribution in [3.63, 3.8) is 0 Å². The quantitative estimate of drug-likeness (QED) is 0.624. The average Bonchev–Trinajstić information content (AvgIpc) is 2.33. The maximum absolute atomic E-state index is 5.83. The van der Waals surface area contributed by atoms with Crippen LogP contribution in [0.25, 0.3) is 0 Å². The van der Waals surface area contributed by atoms with Gasteiger partial charge in [-0.3, -0.25) is 0 Å². The lowest BCUT2D eigenvalue weighted by atomic mass is 10.0. The Morgan fingerprint density at radius 1 is 1.35 bits per heavy atom. The lowest BCUT2D eigenvalue weighted by Crippen LogP contribution is -2.14. The van der Waals surface area contributed by atoms with Crippen LogP contribution >= 0.6 is 11.6 Å². The van der Waals surface area contributed by atoms with Crippen LogP contribution in [0.3, 0.4) is 0 Å². The molecule has 0 heterocycles. The van der Waals surface area contributed by atoms with E-state index in [1.165, 1.54) is 5.56 Å². The summed E-state index contributed by atoms with van der Waals surface area (Å²) in [6.07, 6.45) is 4.52. The van der Waals surface area contributed by atoms with Crippen LogP contribution in [0.15, 0.2) is 54.6 Å². The van der Waals surface area contributed by atoms with Gasteiger partial charge in [0.1, 0.15) is 0 Å². The van der Waals surface area contributed by atoms with E-state index >= 15 is 0 Å². The Morgan fingerprint density at radius 3 is 2.65 bits per heavy atom. The fraction of sp³-hybridized carbons (Fsp3) is 0.333. The minimum Gasteiger partial charge on any atom is -0.374 e. The molecule has 0 aliphatic carbocycles. The maximum atomic E-state index is 5.83. The Morgan fingerprint density at radius 2 is 2.06 bits per heavy atom. The first-order valence-corrected chi connectivity index (χ1v) is 6.20. The van der Waals surface area contributed by atoms with E-state index in [1.54, 1.807) is 6.08 Å². The summed E-state index contributed by atoms with van der Waals surface area (Å²) in [5.74, 6) is 0. The number of benzene rings is 1. The van der Waals surface area contributed by atoms with Crippen molar-refractivity contribution < 1.29 is 4.74 Å². The maximum Gasteiger partial charge on any atom is 0.0648 e. The van der Waals surface area contributed by atoms with Crippen LogP contribution in [-0.2, 0) is 11.2 Å². The van der Waals surface area contributed by atoms with Gasteiger partial charge in [-0.25, -0.2) is 0 Å². The number of hydrogen-bond donors (Lipinski definition) is 0. The molecule has 0 spiro atoms. The molecule has 1 unspecified atom stereocenters. The molecule has 92 valence electrons. The molecule has 0 aliphatic rings. The van der Waals surface area contributed by atoms with Crippen LogP contribution in [0.2, 0.25) is 0 Å². The Kier molecular flexibility index (Phi) is 6.68. The van der Waals surface area contributed by atoms with Crippen molar-refractivity contribution in [3.8, 4) is 0 Å². The Bertz CT molecular complexity index is 345. The number of hydrogen-bond acceptors (Lipinski definition) is 1. The van der Waals surface area contributed by atoms with Gasteiger partial charge in [-0.2, -0.15) is 0 Å². The molecule has 1 atom stereocenters. The van der Waals surface area contributed by atoms with Crippen LogP contribution in [0.5, 0.6) is 0 Å². The van der Waals surface area contributed by atoms with Gasteiger partial charge in [0.05, 0.1) is 12.7 Å². The molecule has 0 bridgehead atoms. The molecule has 0 radical (unpaired) electrons. The van der Waals surface area contributed by atoms with E-state index in [0.29, 0.717) is 18.1 Å². The van der Waals surface area contributed by atoms with Crippen molar-refractivity contribution in [2.75, 3.05) is 6.61 Å². The second-order valence-corrected chi connectivity index (χ2v) is 4.52. The molecule has 1 nitrogen and oxygen atoms in total. The molecule has 0 aliphatic heterocycles. The van der Waals surface area contributed by atoms with Gasteiger partial charge in [0.2, 0.25) is 0 Å². The standard InChI is InChI=1S/C15H19ClO/c1-3-11-17-15(12-13(2)16)10-9-14-7-5-4-6-8-14/h3-8,15H,1-2,9-12H2. The number of halogens is 1. The van der Waals surface area contributed by atoms with Crippen molar-refractivity contribution in [2.24, 2.45) is 0 Å². The van der Waals surface area contributed by atoms with E-state index in [9.17, 15) is 0 Å². The lowest BCUT2D eigenvalue weighted by molar-refractivity contribution is 0.0697. The van der Waals surface area contributed by atoms with Gasteiger partial charge in [-0.05, 0) is 18.4 Å². The topological polar surface area (TPSA) is 9.23 Å². The Hall–Kier alpha value is -1.05. The van der Waals surface area contributed by atoms with Gasteiger partial charge in [0.25, 0.3) is 0 Å². The molecule has 17 heavy (non-hydrogen) atoms. The summed E-state index contributed by atoms with van der Waals surface area (Å²) in [7, 11) is 0. The smallest absolute Gasteiger partial charge is 0.0648 e. The molecule has 0 saturated heterocycles. The fourth-order valence-corrected chi connectivity index (χ4v) is 1.84. The zero-order valence-corrected chi connectivity index (χ0v) is 10.8. The molecule has 0 aromatic heterocycles. The number of ether oxygens (including phenoxy) is 1. The SMILES string of the molecule is C=CCOC(CCc1ccccc1)CC(=C)Cl. The van der Waals surface area contributed by atoms with Gasteiger partial charge in [0, 0.05) is 11.5 Å². The van der Waals surface area contributed by atoms with E-state index < -0.39 is 0 Å². The zero-order valence-electron chi connectivity index (χ0n) is 10.1. The molecule has 0 amide bonds. The predicted octanol–water partition coefficient (Wildman–Crippen LogP) is 4.33. The van der Waals surface area contributed by atoms with Gasteiger partial charge in [0.15, 0.2) is 0 Å². The molecule has 1 rings (SSSR count). The summed E-state index contributed by atoms with van der Waals surface area (Å²) in [5.41, 5.74) is 1.32. The summed E-state index contributed by atoms with van der Waals surface area (Å²) >= 11 is 5.83. The molecule has 0 saturated carbocycles. The highest BCUT2D eigenvalue weighted by Gasteiger charge is 2.09. The first-order valence-electron chi connectivity index (χ1n) is 5.82. The van der Waals surface area contributed by atoms with Crippen molar-refractivity contribution in [3.05, 3.63) is 60.2 Å². The fourth-order valence-electron chi connectivity index (χ4n) is 1.67. The van der Waals surface area contributed by atoms with Crippen molar-refractivity contribution in [1.82, 2.24) is 0 Å². The second kappa shape index (κ2) is 8.10. The van der Waals surface area contributed by atoms with Crippen molar-refractivity contribution >= 4 is 11.6 Å². The first kappa shape index (κ1) is 14.0. The predicted molar refractivity (Wildman–Crippen MR) is 74.3 cm³/mol. The van der Waals surface area contributed by atoms with Gasteiger partial charge in [-0.15, -0.1) is 6.58 Å². The highest BCUT2D eigenvalue weighted by atomic mass is 35.5. The third kappa shape index (κ3) is 6.30. The van der Waals surface area contributed by atoms with Gasteiger partial charge in [-0.1, -0.05) is 54.6 Å². The number of aryl methyl sites for hydroxylation is 1. The Balaban J connectivity index is 2.42. The molecule has 1 aromatic rings. The van der Waals surface area contributed by atoms with Crippen LogP contribution in [0, 0.1) is 0 Å². The minimum absolute atomic E-state index is 0.123. The van der Waals surface area contributed by atoms with Crippen LogP contribution < -0.4 is 0 Å². The highest BCUT2D eigenvalue weighted by molar-refractivity contribution is 6.29. The summed E-state index contributed by atoms with van der Waals surface area (Å²) in [4.78, 5) is 0. The van der Waals surface area contributed by atoms with Gasteiger partial charge >= 0.3 is 0 Å². The summed E-state index contributed by atoms with van der Waals surface area (Å²) in [6.45, 7) is 7.93. The molecule has 0 N–H and O–H groups in total. The molecular formula is C15H19ClO. The molecule has 0 fully saturated rings. The van der Waals surface area contributed by atoms with Gasteiger partial charge < -0.3 is 4.74 Å². The Labute approximate surface area is 109 Å².